The Morgan fingerprint density at radius 3 is 2.76 bits per heavy atom. The van der Waals surface area contributed by atoms with Crippen LogP contribution in [0.25, 0.3) is 0 Å². The van der Waals surface area contributed by atoms with Gasteiger partial charge in [0.15, 0.2) is 0 Å². The lowest BCUT2D eigenvalue weighted by atomic mass is 9.68. The number of nitrogens with zero attached hydrogens (tertiary/aromatic N) is 2. The number of methoxy groups -OCH3 is 1. The van der Waals surface area contributed by atoms with Gasteiger partial charge in [0.1, 0.15) is 5.75 Å². The first-order chi connectivity index (χ1) is 12.0. The number of amides is 1. The fourth-order valence-electron chi connectivity index (χ4n) is 4.34. The molecular formula is C19H26N2O4. The van der Waals surface area contributed by atoms with Crippen LogP contribution in [0.2, 0.25) is 0 Å². The van der Waals surface area contributed by atoms with Gasteiger partial charge in [-0.25, -0.2) is 0 Å². The number of likely N-dealkylation sites (tertiary alicyclic amines) is 2. The van der Waals surface area contributed by atoms with E-state index < -0.39 is 11.4 Å². The highest BCUT2D eigenvalue weighted by molar-refractivity contribution is 5.81. The number of carbonyl (C=O) groups is 2. The summed E-state index contributed by atoms with van der Waals surface area (Å²) in [5.74, 6) is 0.0193. The number of fused-ring (bicyclic) bond motifs is 1. The van der Waals surface area contributed by atoms with Gasteiger partial charge < -0.3 is 19.6 Å². The minimum atomic E-state index is -0.721. The third-order valence-electron chi connectivity index (χ3n) is 5.84. The summed E-state index contributed by atoms with van der Waals surface area (Å²) in [6.45, 7) is 1.87. The summed E-state index contributed by atoms with van der Waals surface area (Å²) in [4.78, 5) is 28.7. The second-order valence-electron chi connectivity index (χ2n) is 7.14. The molecule has 2 atom stereocenters. The zero-order valence-corrected chi connectivity index (χ0v) is 14.9. The van der Waals surface area contributed by atoms with Gasteiger partial charge in [0.05, 0.1) is 18.9 Å². The summed E-state index contributed by atoms with van der Waals surface area (Å²) in [7, 11) is 3.57. The first kappa shape index (κ1) is 17.7. The highest BCUT2D eigenvalue weighted by atomic mass is 16.5. The summed E-state index contributed by atoms with van der Waals surface area (Å²) < 4.78 is 5.33. The molecule has 6 nitrogen and oxygen atoms in total. The number of likely N-dealkylation sites (N-methyl/N-ethyl adjacent to an activating group) is 1. The lowest BCUT2D eigenvalue weighted by molar-refractivity contribution is -0.165. The standard InChI is InChI=1S/C19H26N2O4/c1-20-10-5-8-19(18(23)24)9-11-21(13-16(19)20)17(22)12-14-6-3-4-7-15(14)25-2/h3-4,6-7,16H,5,8-13H2,1-2H3,(H,23,24)/t16-,19+/m1/s1. The number of para-hydroxylation sites is 1. The van der Waals surface area contributed by atoms with Gasteiger partial charge in [0.25, 0.3) is 0 Å². The minimum absolute atomic E-state index is 0.0301. The fourth-order valence-corrected chi connectivity index (χ4v) is 4.34. The highest BCUT2D eigenvalue weighted by Gasteiger charge is 2.52. The number of carboxylic acids is 1. The Balaban J connectivity index is 1.74. The van der Waals surface area contributed by atoms with E-state index in [0.29, 0.717) is 31.7 Å². The molecule has 3 rings (SSSR count). The SMILES string of the molecule is COc1ccccc1CC(=O)N1CC[C@@]2(C(=O)O)CCCN(C)[C@@H]2C1. The molecule has 1 aromatic carbocycles. The number of aliphatic carboxylic acids is 1. The Hall–Kier alpha value is -2.08. The largest absolute Gasteiger partial charge is 0.496 e. The summed E-state index contributed by atoms with van der Waals surface area (Å²) >= 11 is 0. The highest BCUT2D eigenvalue weighted by Crippen LogP contribution is 2.42. The predicted molar refractivity (Wildman–Crippen MR) is 93.6 cm³/mol. The molecule has 0 radical (unpaired) electrons. The van der Waals surface area contributed by atoms with Crippen molar-refractivity contribution in [1.29, 1.82) is 0 Å². The number of rotatable bonds is 4. The van der Waals surface area contributed by atoms with Gasteiger partial charge in [-0.15, -0.1) is 0 Å². The van der Waals surface area contributed by atoms with Crippen molar-refractivity contribution in [1.82, 2.24) is 9.80 Å². The summed E-state index contributed by atoms with van der Waals surface area (Å²) in [5.41, 5.74) is 0.149. The number of hydrogen-bond acceptors (Lipinski definition) is 4. The van der Waals surface area contributed by atoms with Gasteiger partial charge in [-0.3, -0.25) is 9.59 Å². The van der Waals surface area contributed by atoms with E-state index in [-0.39, 0.29) is 18.4 Å². The van der Waals surface area contributed by atoms with Gasteiger partial charge >= 0.3 is 5.97 Å². The zero-order valence-electron chi connectivity index (χ0n) is 14.9. The Labute approximate surface area is 148 Å². The van der Waals surface area contributed by atoms with Crippen molar-refractivity contribution in [3.8, 4) is 5.75 Å². The minimum Gasteiger partial charge on any atom is -0.496 e. The van der Waals surface area contributed by atoms with Crippen LogP contribution in [-0.2, 0) is 16.0 Å². The van der Waals surface area contributed by atoms with Gasteiger partial charge in [-0.1, -0.05) is 18.2 Å². The Morgan fingerprint density at radius 2 is 2.04 bits per heavy atom. The van der Waals surface area contributed by atoms with Crippen molar-refractivity contribution in [2.24, 2.45) is 5.41 Å². The van der Waals surface area contributed by atoms with Gasteiger partial charge in [-0.05, 0) is 38.9 Å². The maximum atomic E-state index is 12.8. The van der Waals surface area contributed by atoms with E-state index >= 15 is 0 Å². The van der Waals surface area contributed by atoms with Gasteiger partial charge in [0.2, 0.25) is 5.91 Å². The molecule has 1 amide bonds. The first-order valence-corrected chi connectivity index (χ1v) is 8.81. The lowest BCUT2D eigenvalue weighted by Gasteiger charge is -2.51. The van der Waals surface area contributed by atoms with Crippen molar-refractivity contribution < 1.29 is 19.4 Å². The van der Waals surface area contributed by atoms with E-state index in [1.54, 1.807) is 7.11 Å². The topological polar surface area (TPSA) is 70.1 Å². The third kappa shape index (κ3) is 3.23. The molecule has 25 heavy (non-hydrogen) atoms. The molecule has 2 aliphatic rings. The third-order valence-corrected chi connectivity index (χ3v) is 5.84. The molecule has 136 valence electrons. The molecule has 0 spiro atoms. The molecule has 0 saturated carbocycles. The van der Waals surface area contributed by atoms with Crippen molar-refractivity contribution >= 4 is 11.9 Å². The molecule has 2 saturated heterocycles. The van der Waals surface area contributed by atoms with E-state index in [2.05, 4.69) is 4.90 Å². The maximum Gasteiger partial charge on any atom is 0.311 e. The molecule has 2 heterocycles. The molecular weight excluding hydrogens is 320 g/mol. The van der Waals surface area contributed by atoms with E-state index in [0.717, 1.165) is 18.5 Å². The van der Waals surface area contributed by atoms with Crippen LogP contribution in [0.5, 0.6) is 5.75 Å². The number of ether oxygens (including phenoxy) is 1. The van der Waals surface area contributed by atoms with Crippen LogP contribution >= 0.6 is 0 Å². The van der Waals surface area contributed by atoms with Crippen molar-refractivity contribution in [3.05, 3.63) is 29.8 Å². The average molecular weight is 346 g/mol. The Bertz CT molecular complexity index is 663. The van der Waals surface area contributed by atoms with E-state index in [1.165, 1.54) is 0 Å². The van der Waals surface area contributed by atoms with E-state index in [1.807, 2.05) is 36.2 Å². The summed E-state index contributed by atoms with van der Waals surface area (Å²) in [6.07, 6.45) is 2.40. The first-order valence-electron chi connectivity index (χ1n) is 8.81. The summed E-state index contributed by atoms with van der Waals surface area (Å²) in [6, 6.07) is 7.41. The van der Waals surface area contributed by atoms with Crippen LogP contribution in [0.1, 0.15) is 24.8 Å². The normalized spacial score (nSPS) is 26.8. The van der Waals surface area contributed by atoms with Crippen molar-refractivity contribution in [2.75, 3.05) is 33.8 Å². The second-order valence-corrected chi connectivity index (χ2v) is 7.14. The van der Waals surface area contributed by atoms with Crippen molar-refractivity contribution in [3.63, 3.8) is 0 Å². The number of carbonyl (C=O) groups excluding carboxylic acids is 1. The van der Waals surface area contributed by atoms with E-state index in [9.17, 15) is 14.7 Å². The lowest BCUT2D eigenvalue weighted by Crippen LogP contribution is -2.63. The van der Waals surface area contributed by atoms with Crippen LogP contribution in [0.3, 0.4) is 0 Å². The molecule has 1 N–H and O–H groups in total. The van der Waals surface area contributed by atoms with Gasteiger partial charge in [0, 0.05) is 24.7 Å². The smallest absolute Gasteiger partial charge is 0.311 e. The number of piperidine rings is 2. The molecule has 0 aliphatic carbocycles. The van der Waals surface area contributed by atoms with Crippen molar-refractivity contribution in [2.45, 2.75) is 31.7 Å². The number of hydrogen-bond donors (Lipinski definition) is 1. The molecule has 6 heteroatoms. The average Bonchev–Trinajstić information content (AvgIpc) is 2.62. The van der Waals surface area contributed by atoms with E-state index in [4.69, 9.17) is 4.74 Å². The molecule has 1 aromatic rings. The van der Waals surface area contributed by atoms with Crippen LogP contribution in [0, 0.1) is 5.41 Å². The molecule has 2 aliphatic heterocycles. The van der Waals surface area contributed by atoms with Crippen LogP contribution in [0.15, 0.2) is 24.3 Å². The molecule has 0 unspecified atom stereocenters. The van der Waals surface area contributed by atoms with Crippen LogP contribution < -0.4 is 4.74 Å². The second kappa shape index (κ2) is 7.04. The fraction of sp³-hybridized carbons (Fsp3) is 0.579. The number of benzene rings is 1. The Kier molecular flexibility index (Phi) is 4.99. The summed E-state index contributed by atoms with van der Waals surface area (Å²) in [5, 5.41) is 9.82. The maximum absolute atomic E-state index is 12.8. The zero-order chi connectivity index (χ0) is 18.0. The van der Waals surface area contributed by atoms with Crippen LogP contribution in [-0.4, -0.2) is 66.6 Å². The Morgan fingerprint density at radius 1 is 1.28 bits per heavy atom. The predicted octanol–water partition coefficient (Wildman–Crippen LogP) is 1.64. The van der Waals surface area contributed by atoms with Crippen LogP contribution in [0.4, 0.5) is 0 Å². The molecule has 0 aromatic heterocycles. The molecule has 0 bridgehead atoms. The quantitative estimate of drug-likeness (QED) is 0.897. The van der Waals surface area contributed by atoms with Gasteiger partial charge in [-0.2, -0.15) is 0 Å². The number of carboxylic acid groups (broad SMARTS) is 1. The monoisotopic (exact) mass is 346 g/mol. The molecule has 2 fully saturated rings.